The molecule has 0 aliphatic carbocycles. The molecule has 1 atom stereocenters. The lowest BCUT2D eigenvalue weighted by molar-refractivity contribution is -0.152. The average molecular weight is 357 g/mol. The van der Waals surface area contributed by atoms with Gasteiger partial charge in [0.2, 0.25) is 0 Å². The Bertz CT molecular complexity index is 328. The maximum atomic E-state index is 11.7. The molecule has 0 spiro atoms. The van der Waals surface area contributed by atoms with Crippen molar-refractivity contribution in [1.29, 1.82) is 0 Å². The van der Waals surface area contributed by atoms with Crippen LogP contribution in [0.15, 0.2) is 0 Å². The molecule has 0 aromatic rings. The van der Waals surface area contributed by atoms with Gasteiger partial charge in [-0.3, -0.25) is 4.79 Å². The third-order valence-corrected chi connectivity index (χ3v) is 4.55. The highest BCUT2D eigenvalue weighted by atomic mass is 16.5. The van der Waals surface area contributed by atoms with Crippen molar-refractivity contribution >= 4 is 11.8 Å². The fourth-order valence-electron chi connectivity index (χ4n) is 2.91. The minimum absolute atomic E-state index is 0.0514. The summed E-state index contributed by atoms with van der Waals surface area (Å²) in [6, 6.07) is 0. The van der Waals surface area contributed by atoms with Crippen LogP contribution in [-0.4, -0.2) is 29.6 Å². The number of aliphatic hydroxyl groups excluding tert-OH is 1. The lowest BCUT2D eigenvalue weighted by Gasteiger charge is -2.14. The van der Waals surface area contributed by atoms with Gasteiger partial charge >= 0.3 is 5.97 Å². The summed E-state index contributed by atoms with van der Waals surface area (Å²) in [5.74, 6) is -0.204. The molecule has 0 aromatic heterocycles. The normalized spacial score (nSPS) is 12.1. The molecule has 0 fully saturated rings. The summed E-state index contributed by atoms with van der Waals surface area (Å²) in [5, 5.41) is 9.17. The zero-order valence-corrected chi connectivity index (χ0v) is 16.6. The van der Waals surface area contributed by atoms with Crippen LogP contribution in [0, 0.1) is 0 Å². The minimum Gasteiger partial charge on any atom is -0.460 e. The monoisotopic (exact) mass is 356 g/mol. The minimum atomic E-state index is -0.534. The first kappa shape index (κ1) is 24.1. The van der Waals surface area contributed by atoms with Crippen molar-refractivity contribution in [3.05, 3.63) is 0 Å². The van der Waals surface area contributed by atoms with Gasteiger partial charge in [-0.25, -0.2) is 0 Å². The van der Waals surface area contributed by atoms with Gasteiger partial charge in [-0.1, -0.05) is 77.6 Å². The van der Waals surface area contributed by atoms with E-state index in [-0.39, 0.29) is 18.4 Å². The molecule has 0 heterocycles. The molecule has 25 heavy (non-hydrogen) atoms. The Balaban J connectivity index is 3.40. The second-order valence-corrected chi connectivity index (χ2v) is 7.17. The van der Waals surface area contributed by atoms with Crippen molar-refractivity contribution in [3.8, 4) is 0 Å². The SMILES string of the molecule is CCCCCCCCCCCCCCC(=O)O[C@H](CO)CCC(C)=O. The van der Waals surface area contributed by atoms with Crippen LogP contribution in [0.4, 0.5) is 0 Å². The smallest absolute Gasteiger partial charge is 0.306 e. The highest BCUT2D eigenvalue weighted by Crippen LogP contribution is 2.13. The van der Waals surface area contributed by atoms with Crippen molar-refractivity contribution in [1.82, 2.24) is 0 Å². The first-order valence-electron chi connectivity index (χ1n) is 10.4. The Morgan fingerprint density at radius 3 is 1.72 bits per heavy atom. The zero-order valence-electron chi connectivity index (χ0n) is 16.6. The lowest BCUT2D eigenvalue weighted by Crippen LogP contribution is -2.22. The number of Topliss-reactive ketones (excluding diaryl/α,β-unsaturated/α-hetero) is 1. The molecule has 0 aliphatic heterocycles. The molecular formula is C21H40O4. The molecule has 0 saturated heterocycles. The summed E-state index contributed by atoms with van der Waals surface area (Å²) in [5.41, 5.74) is 0. The van der Waals surface area contributed by atoms with Gasteiger partial charge in [0, 0.05) is 12.8 Å². The van der Waals surface area contributed by atoms with Gasteiger partial charge in [-0.15, -0.1) is 0 Å². The van der Waals surface area contributed by atoms with Crippen molar-refractivity contribution in [2.24, 2.45) is 0 Å². The van der Waals surface area contributed by atoms with E-state index in [1.165, 1.54) is 71.1 Å². The van der Waals surface area contributed by atoms with Gasteiger partial charge in [0.05, 0.1) is 6.61 Å². The van der Waals surface area contributed by atoms with E-state index in [4.69, 9.17) is 4.74 Å². The van der Waals surface area contributed by atoms with Crippen molar-refractivity contribution < 1.29 is 19.4 Å². The maximum Gasteiger partial charge on any atom is 0.306 e. The fourth-order valence-corrected chi connectivity index (χ4v) is 2.91. The van der Waals surface area contributed by atoms with Crippen molar-refractivity contribution in [2.45, 2.75) is 116 Å². The number of ether oxygens (including phenoxy) is 1. The zero-order chi connectivity index (χ0) is 18.8. The molecule has 0 amide bonds. The summed E-state index contributed by atoms with van der Waals surface area (Å²) < 4.78 is 5.21. The molecule has 1 N–H and O–H groups in total. The highest BCUT2D eigenvalue weighted by molar-refractivity contribution is 5.75. The Labute approximate surface area is 154 Å². The van der Waals surface area contributed by atoms with E-state index in [0.717, 1.165) is 12.8 Å². The lowest BCUT2D eigenvalue weighted by atomic mass is 10.0. The van der Waals surface area contributed by atoms with Crippen LogP contribution in [0.5, 0.6) is 0 Å². The Morgan fingerprint density at radius 2 is 1.28 bits per heavy atom. The van der Waals surface area contributed by atoms with Gasteiger partial charge in [0.25, 0.3) is 0 Å². The number of ketones is 1. The predicted molar refractivity (Wildman–Crippen MR) is 103 cm³/mol. The topological polar surface area (TPSA) is 63.6 Å². The molecule has 148 valence electrons. The summed E-state index contributed by atoms with van der Waals surface area (Å²) in [6.45, 7) is 3.54. The predicted octanol–water partition coefficient (Wildman–Crippen LogP) is 5.35. The Kier molecular flexibility index (Phi) is 17.3. The molecule has 0 radical (unpaired) electrons. The van der Waals surface area contributed by atoms with E-state index >= 15 is 0 Å². The molecule has 4 nitrogen and oxygen atoms in total. The van der Waals surface area contributed by atoms with Crippen LogP contribution in [0.3, 0.4) is 0 Å². The summed E-state index contributed by atoms with van der Waals surface area (Å²) in [4.78, 5) is 22.6. The Morgan fingerprint density at radius 1 is 0.800 bits per heavy atom. The van der Waals surface area contributed by atoms with Crippen LogP contribution in [0.25, 0.3) is 0 Å². The number of aliphatic hydroxyl groups is 1. The molecular weight excluding hydrogens is 316 g/mol. The molecule has 4 heteroatoms. The molecule has 0 bridgehead atoms. The summed E-state index contributed by atoms with van der Waals surface area (Å²) in [6.07, 6.45) is 15.8. The Hall–Kier alpha value is -0.900. The second kappa shape index (κ2) is 17.9. The maximum absolute atomic E-state index is 11.7. The van der Waals surface area contributed by atoms with E-state index in [2.05, 4.69) is 6.92 Å². The summed E-state index contributed by atoms with van der Waals surface area (Å²) in [7, 11) is 0. The molecule has 0 aromatic carbocycles. The molecule has 0 aliphatic rings. The highest BCUT2D eigenvalue weighted by Gasteiger charge is 2.13. The first-order valence-corrected chi connectivity index (χ1v) is 10.4. The van der Waals surface area contributed by atoms with E-state index in [0.29, 0.717) is 19.3 Å². The van der Waals surface area contributed by atoms with Crippen LogP contribution in [-0.2, 0) is 14.3 Å². The van der Waals surface area contributed by atoms with Gasteiger partial charge in [0.15, 0.2) is 0 Å². The second-order valence-electron chi connectivity index (χ2n) is 7.17. The largest absolute Gasteiger partial charge is 0.460 e. The molecule has 0 unspecified atom stereocenters. The van der Waals surface area contributed by atoms with E-state index < -0.39 is 6.10 Å². The number of esters is 1. The molecule has 0 rings (SSSR count). The third kappa shape index (κ3) is 17.7. The number of rotatable bonds is 18. The molecule has 0 saturated carbocycles. The number of carbonyl (C=O) groups excluding carboxylic acids is 2. The van der Waals surface area contributed by atoms with Crippen LogP contribution < -0.4 is 0 Å². The van der Waals surface area contributed by atoms with Crippen molar-refractivity contribution in [2.75, 3.05) is 6.61 Å². The van der Waals surface area contributed by atoms with Crippen LogP contribution >= 0.6 is 0 Å². The third-order valence-electron chi connectivity index (χ3n) is 4.55. The van der Waals surface area contributed by atoms with E-state index in [1.54, 1.807) is 0 Å². The first-order chi connectivity index (χ1) is 12.1. The van der Waals surface area contributed by atoms with E-state index in [9.17, 15) is 14.7 Å². The fraction of sp³-hybridized carbons (Fsp3) is 0.905. The number of hydrogen-bond donors (Lipinski definition) is 1. The van der Waals surface area contributed by atoms with Crippen LogP contribution in [0.1, 0.15) is 110 Å². The van der Waals surface area contributed by atoms with Gasteiger partial charge in [-0.2, -0.15) is 0 Å². The van der Waals surface area contributed by atoms with Gasteiger partial charge in [0.1, 0.15) is 11.9 Å². The summed E-state index contributed by atoms with van der Waals surface area (Å²) >= 11 is 0. The quantitative estimate of drug-likeness (QED) is 0.265. The number of carbonyl (C=O) groups is 2. The van der Waals surface area contributed by atoms with Crippen molar-refractivity contribution in [3.63, 3.8) is 0 Å². The average Bonchev–Trinajstić information content (AvgIpc) is 2.59. The van der Waals surface area contributed by atoms with Gasteiger partial charge in [-0.05, 0) is 19.8 Å². The number of hydrogen-bond acceptors (Lipinski definition) is 4. The number of unbranched alkanes of at least 4 members (excludes halogenated alkanes) is 11. The van der Waals surface area contributed by atoms with E-state index in [1.807, 2.05) is 0 Å². The standard InChI is InChI=1S/C21H40O4/c1-3-4-5-6-7-8-9-10-11-12-13-14-15-21(24)25-20(18-22)17-16-19(2)23/h20,22H,3-18H2,1-2H3/t20-/m0/s1. The van der Waals surface area contributed by atoms with Gasteiger partial charge < -0.3 is 14.6 Å². The van der Waals surface area contributed by atoms with Crippen LogP contribution in [0.2, 0.25) is 0 Å².